The van der Waals surface area contributed by atoms with Crippen LogP contribution in [0.3, 0.4) is 0 Å². The first-order valence-corrected chi connectivity index (χ1v) is 11.3. The molecule has 0 bridgehead atoms. The number of amides is 1. The van der Waals surface area contributed by atoms with Gasteiger partial charge >= 0.3 is 5.97 Å². The fraction of sp³-hybridized carbons (Fsp3) is 0.478. The minimum atomic E-state index is -0.349. The molecule has 0 saturated heterocycles. The molecule has 1 aliphatic carbocycles. The Kier molecular flexibility index (Phi) is 5.90. The number of ether oxygens (including phenoxy) is 1. The molecule has 1 aromatic carbocycles. The molecular weight excluding hydrogens is 384 g/mol. The van der Waals surface area contributed by atoms with Gasteiger partial charge in [-0.2, -0.15) is 0 Å². The lowest BCUT2D eigenvalue weighted by Gasteiger charge is -2.31. The second-order valence-corrected chi connectivity index (χ2v) is 9.07. The van der Waals surface area contributed by atoms with Gasteiger partial charge in [-0.3, -0.25) is 4.79 Å². The first-order valence-electron chi connectivity index (χ1n) is 10.4. The van der Waals surface area contributed by atoms with E-state index in [2.05, 4.69) is 35.3 Å². The molecule has 29 heavy (non-hydrogen) atoms. The number of thiophene rings is 1. The van der Waals surface area contributed by atoms with Gasteiger partial charge in [0.05, 0.1) is 19.2 Å². The smallest absolute Gasteiger partial charge is 0.341 e. The van der Waals surface area contributed by atoms with Crippen LogP contribution in [0.1, 0.15) is 57.6 Å². The SMILES string of the molecule is COC(=O)c1c(NC(=O)CN2CCCc3cc(C)ccc32)sc2c1CCCCC2. The van der Waals surface area contributed by atoms with Crippen molar-refractivity contribution in [3.8, 4) is 0 Å². The third kappa shape index (κ3) is 4.17. The highest BCUT2D eigenvalue weighted by Gasteiger charge is 2.27. The molecule has 1 aliphatic heterocycles. The summed E-state index contributed by atoms with van der Waals surface area (Å²) in [5.74, 6) is -0.432. The largest absolute Gasteiger partial charge is 0.465 e. The molecular formula is C23H28N2O3S. The number of carbonyl (C=O) groups excluding carboxylic acids is 2. The normalized spacial score (nSPS) is 15.9. The van der Waals surface area contributed by atoms with Gasteiger partial charge in [0.1, 0.15) is 5.00 Å². The van der Waals surface area contributed by atoms with Crippen molar-refractivity contribution < 1.29 is 14.3 Å². The monoisotopic (exact) mass is 412 g/mol. The Hall–Kier alpha value is -2.34. The highest BCUT2D eigenvalue weighted by Crippen LogP contribution is 2.38. The molecule has 1 aromatic heterocycles. The minimum Gasteiger partial charge on any atom is -0.465 e. The van der Waals surface area contributed by atoms with E-state index in [0.29, 0.717) is 17.1 Å². The zero-order chi connectivity index (χ0) is 20.4. The first-order chi connectivity index (χ1) is 14.1. The van der Waals surface area contributed by atoms with Crippen LogP contribution in [0.5, 0.6) is 0 Å². The van der Waals surface area contributed by atoms with Gasteiger partial charge in [0, 0.05) is 17.1 Å². The topological polar surface area (TPSA) is 58.6 Å². The second kappa shape index (κ2) is 8.57. The molecule has 4 rings (SSSR count). The van der Waals surface area contributed by atoms with E-state index in [1.165, 1.54) is 29.5 Å². The highest BCUT2D eigenvalue weighted by atomic mass is 32.1. The average molecular weight is 413 g/mol. The number of anilines is 2. The molecule has 1 amide bonds. The number of carbonyl (C=O) groups is 2. The highest BCUT2D eigenvalue weighted by molar-refractivity contribution is 7.17. The van der Waals surface area contributed by atoms with E-state index in [4.69, 9.17) is 4.74 Å². The Balaban J connectivity index is 1.54. The molecule has 0 spiro atoms. The summed E-state index contributed by atoms with van der Waals surface area (Å²) in [5, 5.41) is 3.68. The summed E-state index contributed by atoms with van der Waals surface area (Å²) in [5.41, 5.74) is 5.35. The maximum absolute atomic E-state index is 12.9. The lowest BCUT2D eigenvalue weighted by Crippen LogP contribution is -2.36. The van der Waals surface area contributed by atoms with E-state index in [1.807, 2.05) is 0 Å². The van der Waals surface area contributed by atoms with E-state index < -0.39 is 0 Å². The number of nitrogens with zero attached hydrogens (tertiary/aromatic N) is 1. The number of esters is 1. The lowest BCUT2D eigenvalue weighted by molar-refractivity contribution is -0.115. The van der Waals surface area contributed by atoms with Gasteiger partial charge < -0.3 is 15.0 Å². The summed E-state index contributed by atoms with van der Waals surface area (Å²) >= 11 is 1.55. The number of rotatable bonds is 4. The number of methoxy groups -OCH3 is 1. The van der Waals surface area contributed by atoms with Gasteiger partial charge in [-0.15, -0.1) is 11.3 Å². The van der Waals surface area contributed by atoms with Crippen LogP contribution in [0.2, 0.25) is 0 Å². The van der Waals surface area contributed by atoms with Gasteiger partial charge in [-0.1, -0.05) is 24.1 Å². The van der Waals surface area contributed by atoms with Crippen molar-refractivity contribution in [1.29, 1.82) is 0 Å². The predicted octanol–water partition coefficient (Wildman–Crippen LogP) is 4.50. The molecule has 6 heteroatoms. The van der Waals surface area contributed by atoms with Gasteiger partial charge in [0.25, 0.3) is 0 Å². The van der Waals surface area contributed by atoms with Gasteiger partial charge in [-0.25, -0.2) is 4.79 Å². The summed E-state index contributed by atoms with van der Waals surface area (Å²) < 4.78 is 5.04. The summed E-state index contributed by atoms with van der Waals surface area (Å²) in [4.78, 5) is 28.7. The molecule has 1 N–H and O–H groups in total. The summed E-state index contributed by atoms with van der Waals surface area (Å²) in [6.45, 7) is 3.26. The zero-order valence-corrected chi connectivity index (χ0v) is 18.0. The number of aryl methyl sites for hydroxylation is 3. The lowest BCUT2D eigenvalue weighted by atomic mass is 9.99. The van der Waals surface area contributed by atoms with Crippen LogP contribution in [0.15, 0.2) is 18.2 Å². The summed E-state index contributed by atoms with van der Waals surface area (Å²) in [7, 11) is 1.40. The Bertz CT molecular complexity index is 934. The van der Waals surface area contributed by atoms with Crippen molar-refractivity contribution in [2.75, 3.05) is 30.4 Å². The quantitative estimate of drug-likeness (QED) is 0.593. The maximum Gasteiger partial charge on any atom is 0.341 e. The fourth-order valence-corrected chi connectivity index (χ4v) is 5.75. The summed E-state index contributed by atoms with van der Waals surface area (Å²) in [6, 6.07) is 6.43. The van der Waals surface area contributed by atoms with E-state index in [-0.39, 0.29) is 11.9 Å². The molecule has 5 nitrogen and oxygen atoms in total. The Morgan fingerprint density at radius 3 is 2.79 bits per heavy atom. The van der Waals surface area contributed by atoms with Gasteiger partial charge in [-0.05, 0) is 62.6 Å². The van der Waals surface area contributed by atoms with Gasteiger partial charge in [0.15, 0.2) is 0 Å². The van der Waals surface area contributed by atoms with E-state index >= 15 is 0 Å². The number of nitrogens with one attached hydrogen (secondary N) is 1. The molecule has 154 valence electrons. The summed E-state index contributed by atoms with van der Waals surface area (Å²) in [6.07, 6.45) is 7.33. The van der Waals surface area contributed by atoms with Crippen molar-refractivity contribution in [3.63, 3.8) is 0 Å². The van der Waals surface area contributed by atoms with Crippen molar-refractivity contribution in [2.24, 2.45) is 0 Å². The molecule has 2 aromatic rings. The van der Waals surface area contributed by atoms with Crippen molar-refractivity contribution in [3.05, 3.63) is 45.3 Å². The van der Waals surface area contributed by atoms with Crippen LogP contribution in [0, 0.1) is 6.92 Å². The second-order valence-electron chi connectivity index (χ2n) is 7.97. The minimum absolute atomic E-state index is 0.0833. The number of hydrogen-bond donors (Lipinski definition) is 1. The maximum atomic E-state index is 12.9. The molecule has 0 unspecified atom stereocenters. The molecule has 0 saturated carbocycles. The van der Waals surface area contributed by atoms with Crippen molar-refractivity contribution in [1.82, 2.24) is 0 Å². The first kappa shape index (κ1) is 20.0. The Morgan fingerprint density at radius 2 is 1.97 bits per heavy atom. The fourth-order valence-electron chi connectivity index (χ4n) is 4.46. The van der Waals surface area contributed by atoms with Crippen LogP contribution in [-0.2, 0) is 28.8 Å². The molecule has 2 heterocycles. The predicted molar refractivity (Wildman–Crippen MR) is 117 cm³/mol. The number of hydrogen-bond acceptors (Lipinski definition) is 5. The van der Waals surface area contributed by atoms with E-state index in [9.17, 15) is 9.59 Å². The van der Waals surface area contributed by atoms with Crippen LogP contribution < -0.4 is 10.2 Å². The number of fused-ring (bicyclic) bond motifs is 2. The Labute approximate surface area is 176 Å². The van der Waals surface area contributed by atoms with Crippen molar-refractivity contribution in [2.45, 2.75) is 51.9 Å². The molecule has 0 atom stereocenters. The number of benzene rings is 1. The average Bonchev–Trinajstić information content (AvgIpc) is 2.87. The Morgan fingerprint density at radius 1 is 1.14 bits per heavy atom. The van der Waals surface area contributed by atoms with Crippen LogP contribution in [0.4, 0.5) is 10.7 Å². The van der Waals surface area contributed by atoms with Crippen LogP contribution in [0.25, 0.3) is 0 Å². The third-order valence-corrected chi connectivity index (χ3v) is 7.06. The zero-order valence-electron chi connectivity index (χ0n) is 17.2. The standard InChI is InChI=1S/C23H28N2O3S/c1-15-10-11-18-16(13-15)7-6-12-25(18)14-20(26)24-22-21(23(27)28-2)17-8-4-3-5-9-19(17)29-22/h10-11,13H,3-9,12,14H2,1-2H3,(H,24,26). The van der Waals surface area contributed by atoms with E-state index in [1.54, 1.807) is 11.3 Å². The van der Waals surface area contributed by atoms with Crippen LogP contribution >= 0.6 is 11.3 Å². The van der Waals surface area contributed by atoms with Crippen molar-refractivity contribution >= 4 is 33.9 Å². The molecule has 0 radical (unpaired) electrons. The third-order valence-electron chi connectivity index (χ3n) is 5.85. The molecule has 2 aliphatic rings. The van der Waals surface area contributed by atoms with Crippen LogP contribution in [-0.4, -0.2) is 32.1 Å². The van der Waals surface area contributed by atoms with Gasteiger partial charge in [0.2, 0.25) is 5.91 Å². The van der Waals surface area contributed by atoms with E-state index in [0.717, 1.165) is 56.3 Å². The molecule has 0 fully saturated rings.